The zero-order chi connectivity index (χ0) is 12.5. The zero-order valence-corrected chi connectivity index (χ0v) is 10.9. The fourth-order valence-corrected chi connectivity index (χ4v) is 3.02. The van der Waals surface area contributed by atoms with Gasteiger partial charge in [-0.1, -0.05) is 0 Å². The molecule has 96 valence electrons. The van der Waals surface area contributed by atoms with Crippen LogP contribution in [0, 0.1) is 5.92 Å². The largest absolute Gasteiger partial charge is 0.348 e. The van der Waals surface area contributed by atoms with Gasteiger partial charge in [-0.15, -0.1) is 11.8 Å². The Morgan fingerprint density at radius 3 is 2.82 bits per heavy atom. The quantitative estimate of drug-likeness (QED) is 0.713. The Morgan fingerprint density at radius 1 is 1.65 bits per heavy atom. The lowest BCUT2D eigenvalue weighted by molar-refractivity contribution is -0.133. The van der Waals surface area contributed by atoms with E-state index in [-0.39, 0.29) is 23.9 Å². The molecule has 1 aliphatic heterocycles. The van der Waals surface area contributed by atoms with E-state index >= 15 is 0 Å². The highest BCUT2D eigenvalue weighted by Gasteiger charge is 2.41. The van der Waals surface area contributed by atoms with E-state index in [4.69, 9.17) is 5.73 Å². The molecular weight excluding hydrogens is 238 g/mol. The van der Waals surface area contributed by atoms with Crippen LogP contribution in [-0.2, 0) is 9.59 Å². The predicted octanol–water partition coefficient (Wildman–Crippen LogP) is -0.237. The van der Waals surface area contributed by atoms with E-state index in [9.17, 15) is 9.59 Å². The molecular formula is C11H19N3O2S. The van der Waals surface area contributed by atoms with Crippen LogP contribution in [0.15, 0.2) is 0 Å². The van der Waals surface area contributed by atoms with E-state index in [0.29, 0.717) is 24.1 Å². The Bertz CT molecular complexity index is 333. The summed E-state index contributed by atoms with van der Waals surface area (Å²) in [5, 5.41) is 2.99. The first kappa shape index (κ1) is 12.7. The molecule has 1 saturated carbocycles. The summed E-state index contributed by atoms with van der Waals surface area (Å²) in [5.74, 6) is 1.56. The molecule has 2 amide bonds. The smallest absolute Gasteiger partial charge is 0.240 e. The highest BCUT2D eigenvalue weighted by Crippen LogP contribution is 2.38. The number of thioether (sulfide) groups is 1. The molecule has 2 fully saturated rings. The summed E-state index contributed by atoms with van der Waals surface area (Å²) in [6.45, 7) is 2.60. The third-order valence-electron chi connectivity index (χ3n) is 3.49. The van der Waals surface area contributed by atoms with Gasteiger partial charge in [0.15, 0.2) is 0 Å². The Balaban J connectivity index is 1.85. The number of nitrogens with two attached hydrogens (primary N) is 1. The lowest BCUT2D eigenvalue weighted by atomic mass is 9.96. The third kappa shape index (κ3) is 2.93. The van der Waals surface area contributed by atoms with E-state index in [1.54, 1.807) is 16.7 Å². The molecule has 5 nitrogen and oxygen atoms in total. The first-order valence-electron chi connectivity index (χ1n) is 5.92. The molecule has 0 aromatic heterocycles. The topological polar surface area (TPSA) is 75.4 Å². The average molecular weight is 257 g/mol. The highest BCUT2D eigenvalue weighted by atomic mass is 32.2. The maximum Gasteiger partial charge on any atom is 0.240 e. The number of nitrogens with zero attached hydrogens (tertiary/aromatic N) is 1. The molecule has 17 heavy (non-hydrogen) atoms. The minimum absolute atomic E-state index is 0.0472. The van der Waals surface area contributed by atoms with E-state index in [1.165, 1.54) is 0 Å². The van der Waals surface area contributed by atoms with Crippen molar-refractivity contribution in [2.24, 2.45) is 11.7 Å². The first-order chi connectivity index (χ1) is 8.05. The summed E-state index contributed by atoms with van der Waals surface area (Å²) in [4.78, 5) is 24.9. The van der Waals surface area contributed by atoms with E-state index < -0.39 is 0 Å². The summed E-state index contributed by atoms with van der Waals surface area (Å²) in [6, 6.07) is 0. The number of nitrogens with one attached hydrogen (secondary N) is 1. The summed E-state index contributed by atoms with van der Waals surface area (Å²) in [6.07, 6.45) is 2.26. The molecule has 0 aromatic carbocycles. The van der Waals surface area contributed by atoms with Gasteiger partial charge in [0.05, 0.1) is 17.2 Å². The molecule has 0 aromatic rings. The van der Waals surface area contributed by atoms with Crippen molar-refractivity contribution in [3.05, 3.63) is 0 Å². The number of hydrogen-bond donors (Lipinski definition) is 2. The summed E-state index contributed by atoms with van der Waals surface area (Å²) < 4.78 is 0. The van der Waals surface area contributed by atoms with Gasteiger partial charge < -0.3 is 16.0 Å². The molecule has 0 bridgehead atoms. The maximum absolute atomic E-state index is 11.9. The van der Waals surface area contributed by atoms with Crippen molar-refractivity contribution in [1.82, 2.24) is 10.2 Å². The molecule has 1 atom stereocenters. The van der Waals surface area contributed by atoms with Crippen LogP contribution in [0.2, 0.25) is 0 Å². The van der Waals surface area contributed by atoms with Gasteiger partial charge in [0, 0.05) is 6.54 Å². The van der Waals surface area contributed by atoms with Gasteiger partial charge in [0.1, 0.15) is 6.54 Å². The monoisotopic (exact) mass is 257 g/mol. The minimum atomic E-state index is -0.299. The van der Waals surface area contributed by atoms with Crippen molar-refractivity contribution < 1.29 is 9.59 Å². The van der Waals surface area contributed by atoms with Crippen molar-refractivity contribution in [2.75, 3.05) is 24.7 Å². The Labute approximate surface area is 105 Å². The summed E-state index contributed by atoms with van der Waals surface area (Å²) in [5.41, 5.74) is 5.43. The second-order valence-corrected chi connectivity index (χ2v) is 5.97. The summed E-state index contributed by atoms with van der Waals surface area (Å²) in [7, 11) is 0. The molecule has 2 rings (SSSR count). The fourth-order valence-electron chi connectivity index (χ4n) is 2.11. The van der Waals surface area contributed by atoms with Crippen LogP contribution in [0.25, 0.3) is 0 Å². The van der Waals surface area contributed by atoms with Gasteiger partial charge >= 0.3 is 0 Å². The van der Waals surface area contributed by atoms with Crippen molar-refractivity contribution >= 4 is 23.6 Å². The van der Waals surface area contributed by atoms with Crippen molar-refractivity contribution in [3.8, 4) is 0 Å². The number of rotatable bonds is 5. The van der Waals surface area contributed by atoms with Crippen LogP contribution in [0.1, 0.15) is 19.8 Å². The lowest BCUT2D eigenvalue weighted by Crippen LogP contribution is -2.55. The average Bonchev–Trinajstić information content (AvgIpc) is 3.06. The van der Waals surface area contributed by atoms with Gasteiger partial charge in [-0.3, -0.25) is 9.59 Å². The van der Waals surface area contributed by atoms with Crippen LogP contribution in [0.4, 0.5) is 0 Å². The molecule has 0 radical (unpaired) electrons. The van der Waals surface area contributed by atoms with Crippen LogP contribution < -0.4 is 11.1 Å². The molecule has 2 aliphatic rings. The molecule has 1 heterocycles. The van der Waals surface area contributed by atoms with Gasteiger partial charge in [-0.05, 0) is 25.7 Å². The fraction of sp³-hybridized carbons (Fsp3) is 0.818. The molecule has 1 saturated heterocycles. The highest BCUT2D eigenvalue weighted by molar-refractivity contribution is 8.00. The van der Waals surface area contributed by atoms with Crippen LogP contribution >= 0.6 is 11.8 Å². The van der Waals surface area contributed by atoms with E-state index in [0.717, 1.165) is 12.8 Å². The third-order valence-corrected chi connectivity index (χ3v) is 4.43. The van der Waals surface area contributed by atoms with Crippen molar-refractivity contribution in [1.29, 1.82) is 0 Å². The van der Waals surface area contributed by atoms with Crippen molar-refractivity contribution in [2.45, 2.75) is 25.3 Å². The SMILES string of the molecule is CC(CN)(NC(=O)CN1CSCC1=O)C1CC1. The van der Waals surface area contributed by atoms with E-state index in [2.05, 4.69) is 5.32 Å². The number of hydrogen-bond acceptors (Lipinski definition) is 4. The maximum atomic E-state index is 11.9. The predicted molar refractivity (Wildman–Crippen MR) is 67.4 cm³/mol. The second kappa shape index (κ2) is 4.86. The molecule has 1 aliphatic carbocycles. The molecule has 6 heteroatoms. The van der Waals surface area contributed by atoms with Gasteiger partial charge in [0.2, 0.25) is 11.8 Å². The van der Waals surface area contributed by atoms with Crippen molar-refractivity contribution in [3.63, 3.8) is 0 Å². The van der Waals surface area contributed by atoms with Gasteiger partial charge in [-0.2, -0.15) is 0 Å². The van der Waals surface area contributed by atoms with Crippen LogP contribution in [-0.4, -0.2) is 47.0 Å². The zero-order valence-electron chi connectivity index (χ0n) is 10.1. The Morgan fingerprint density at radius 2 is 2.35 bits per heavy atom. The van der Waals surface area contributed by atoms with Crippen LogP contribution in [0.5, 0.6) is 0 Å². The number of carbonyl (C=O) groups excluding carboxylic acids is 2. The lowest BCUT2D eigenvalue weighted by Gasteiger charge is -2.30. The normalized spacial score (nSPS) is 23.6. The first-order valence-corrected chi connectivity index (χ1v) is 7.07. The molecule has 1 unspecified atom stereocenters. The standard InChI is InChI=1S/C11H19N3O2S/c1-11(6-12,8-2-3-8)13-9(15)4-14-7-17-5-10(14)16/h8H,2-7,12H2,1H3,(H,13,15). The van der Waals surface area contributed by atoms with Gasteiger partial charge in [-0.25, -0.2) is 0 Å². The number of amides is 2. The summed E-state index contributed by atoms with van der Waals surface area (Å²) >= 11 is 1.55. The number of carbonyl (C=O) groups is 2. The second-order valence-electron chi connectivity index (χ2n) is 5.01. The van der Waals surface area contributed by atoms with Crippen LogP contribution in [0.3, 0.4) is 0 Å². The Kier molecular flexibility index (Phi) is 3.63. The Hall–Kier alpha value is -0.750. The van der Waals surface area contributed by atoms with Gasteiger partial charge in [0.25, 0.3) is 0 Å². The minimum Gasteiger partial charge on any atom is -0.348 e. The molecule has 3 N–H and O–H groups in total. The van der Waals surface area contributed by atoms with E-state index in [1.807, 2.05) is 6.92 Å². The molecule has 0 spiro atoms.